The Morgan fingerprint density at radius 2 is 2.50 bits per heavy atom. The van der Waals surface area contributed by atoms with E-state index in [1.165, 1.54) is 0 Å². The lowest BCUT2D eigenvalue weighted by atomic mass is 10.2. The molecule has 78 valence electrons. The third kappa shape index (κ3) is 2.50. The molecule has 2 heterocycles. The Balaban J connectivity index is 1.90. The Hall–Kier alpha value is -0.510. The Bertz CT molecular complexity index is 300. The molecule has 1 aliphatic heterocycles. The van der Waals surface area contributed by atoms with Gasteiger partial charge in [-0.05, 0) is 30.7 Å². The van der Waals surface area contributed by atoms with Gasteiger partial charge in [0, 0.05) is 25.7 Å². The minimum Gasteiger partial charge on any atom is -0.448 e. The molecule has 3 nitrogen and oxygen atoms in total. The minimum atomic E-state index is 0.475. The molecule has 0 amide bonds. The van der Waals surface area contributed by atoms with Gasteiger partial charge in [0.15, 0.2) is 5.22 Å². The van der Waals surface area contributed by atoms with Crippen molar-refractivity contribution >= 4 is 11.6 Å². The highest BCUT2D eigenvalue weighted by Gasteiger charge is 2.16. The maximum absolute atomic E-state index is 5.71. The van der Waals surface area contributed by atoms with Crippen molar-refractivity contribution in [2.75, 3.05) is 19.6 Å². The maximum Gasteiger partial charge on any atom is 0.193 e. The molecular weight excluding hydrogens is 200 g/mol. The van der Waals surface area contributed by atoms with Gasteiger partial charge in [-0.2, -0.15) is 0 Å². The summed E-state index contributed by atoms with van der Waals surface area (Å²) in [6, 6.07) is 4.30. The standard InChI is InChI=1S/C10H15ClN2O/c1-8-6-13(5-4-12-8)7-9-2-3-10(11)14-9/h2-3,8,12H,4-7H2,1H3. The highest BCUT2D eigenvalue weighted by molar-refractivity contribution is 6.28. The highest BCUT2D eigenvalue weighted by Crippen LogP contribution is 2.15. The SMILES string of the molecule is CC1CN(Cc2ccc(Cl)o2)CCN1. The smallest absolute Gasteiger partial charge is 0.193 e. The molecule has 0 aliphatic carbocycles. The second kappa shape index (κ2) is 4.34. The normalized spacial score (nSPS) is 24.0. The van der Waals surface area contributed by atoms with E-state index in [4.69, 9.17) is 16.0 Å². The zero-order chi connectivity index (χ0) is 9.97. The summed E-state index contributed by atoms with van der Waals surface area (Å²) in [6.45, 7) is 6.25. The van der Waals surface area contributed by atoms with E-state index in [2.05, 4.69) is 17.1 Å². The van der Waals surface area contributed by atoms with E-state index in [1.54, 1.807) is 6.07 Å². The predicted molar refractivity (Wildman–Crippen MR) is 56.5 cm³/mol. The molecule has 0 spiro atoms. The van der Waals surface area contributed by atoms with Crippen LogP contribution in [0.3, 0.4) is 0 Å². The molecule has 4 heteroatoms. The van der Waals surface area contributed by atoms with Crippen LogP contribution in [0.2, 0.25) is 5.22 Å². The lowest BCUT2D eigenvalue weighted by molar-refractivity contribution is 0.187. The van der Waals surface area contributed by atoms with E-state index >= 15 is 0 Å². The molecule has 1 N–H and O–H groups in total. The van der Waals surface area contributed by atoms with Crippen LogP contribution >= 0.6 is 11.6 Å². The molecule has 0 radical (unpaired) electrons. The molecule has 1 fully saturated rings. The lowest BCUT2D eigenvalue weighted by Crippen LogP contribution is -2.48. The summed E-state index contributed by atoms with van der Waals surface area (Å²) in [5.74, 6) is 0.948. The number of rotatable bonds is 2. The van der Waals surface area contributed by atoms with Crippen LogP contribution in [-0.4, -0.2) is 30.6 Å². The molecule has 14 heavy (non-hydrogen) atoms. The number of nitrogens with zero attached hydrogens (tertiary/aromatic N) is 1. The van der Waals surface area contributed by atoms with Gasteiger partial charge in [0.05, 0.1) is 6.54 Å². The summed E-state index contributed by atoms with van der Waals surface area (Å²) in [5, 5.41) is 3.88. The molecule has 1 aromatic rings. The van der Waals surface area contributed by atoms with Crippen LogP contribution in [0.15, 0.2) is 16.5 Å². The number of hydrogen-bond acceptors (Lipinski definition) is 3. The van der Waals surface area contributed by atoms with E-state index in [1.807, 2.05) is 6.07 Å². The zero-order valence-corrected chi connectivity index (χ0v) is 9.05. The Morgan fingerprint density at radius 3 is 3.14 bits per heavy atom. The first kappa shape index (κ1) is 10.0. The second-order valence-electron chi connectivity index (χ2n) is 3.80. The number of halogens is 1. The van der Waals surface area contributed by atoms with Crippen molar-refractivity contribution in [3.63, 3.8) is 0 Å². The van der Waals surface area contributed by atoms with Crippen molar-refractivity contribution in [3.05, 3.63) is 23.1 Å². The molecule has 2 rings (SSSR count). The van der Waals surface area contributed by atoms with E-state index in [-0.39, 0.29) is 0 Å². The van der Waals surface area contributed by atoms with Gasteiger partial charge in [0.25, 0.3) is 0 Å². The molecule has 1 unspecified atom stereocenters. The fourth-order valence-electron chi connectivity index (χ4n) is 1.81. The van der Waals surface area contributed by atoms with Gasteiger partial charge >= 0.3 is 0 Å². The fraction of sp³-hybridized carbons (Fsp3) is 0.600. The van der Waals surface area contributed by atoms with Crippen LogP contribution in [0.4, 0.5) is 0 Å². The number of hydrogen-bond donors (Lipinski definition) is 1. The van der Waals surface area contributed by atoms with Crippen molar-refractivity contribution in [3.8, 4) is 0 Å². The van der Waals surface area contributed by atoms with E-state index < -0.39 is 0 Å². The van der Waals surface area contributed by atoms with Gasteiger partial charge in [-0.1, -0.05) is 0 Å². The van der Waals surface area contributed by atoms with E-state index in [9.17, 15) is 0 Å². The van der Waals surface area contributed by atoms with Crippen LogP contribution in [0.5, 0.6) is 0 Å². The van der Waals surface area contributed by atoms with Gasteiger partial charge in [-0.25, -0.2) is 0 Å². The molecule has 1 saturated heterocycles. The minimum absolute atomic E-state index is 0.475. The van der Waals surface area contributed by atoms with E-state index in [0.29, 0.717) is 11.3 Å². The molecule has 1 aromatic heterocycles. The average molecular weight is 215 g/mol. The topological polar surface area (TPSA) is 28.4 Å². The lowest BCUT2D eigenvalue weighted by Gasteiger charge is -2.30. The van der Waals surface area contributed by atoms with Gasteiger partial charge in [-0.15, -0.1) is 0 Å². The van der Waals surface area contributed by atoms with Crippen LogP contribution in [0, 0.1) is 0 Å². The quantitative estimate of drug-likeness (QED) is 0.813. The average Bonchev–Trinajstić information content (AvgIpc) is 2.51. The summed E-state index contributed by atoms with van der Waals surface area (Å²) in [4.78, 5) is 2.37. The zero-order valence-electron chi connectivity index (χ0n) is 8.29. The number of piperazine rings is 1. The third-order valence-electron chi connectivity index (χ3n) is 2.46. The van der Waals surface area contributed by atoms with Crippen molar-refractivity contribution < 1.29 is 4.42 Å². The first-order chi connectivity index (χ1) is 6.74. The monoisotopic (exact) mass is 214 g/mol. The summed E-state index contributed by atoms with van der Waals surface area (Å²) in [6.07, 6.45) is 0. The number of furan rings is 1. The van der Waals surface area contributed by atoms with E-state index in [0.717, 1.165) is 31.9 Å². The molecule has 0 bridgehead atoms. The fourth-order valence-corrected chi connectivity index (χ4v) is 1.98. The van der Waals surface area contributed by atoms with Gasteiger partial charge in [0.2, 0.25) is 0 Å². The van der Waals surface area contributed by atoms with Gasteiger partial charge in [-0.3, -0.25) is 4.90 Å². The molecule has 0 aromatic carbocycles. The van der Waals surface area contributed by atoms with Crippen LogP contribution < -0.4 is 5.32 Å². The second-order valence-corrected chi connectivity index (χ2v) is 4.17. The van der Waals surface area contributed by atoms with Crippen LogP contribution in [-0.2, 0) is 6.54 Å². The third-order valence-corrected chi connectivity index (χ3v) is 2.66. The van der Waals surface area contributed by atoms with Crippen molar-refractivity contribution in [2.24, 2.45) is 0 Å². The summed E-state index contributed by atoms with van der Waals surface area (Å²) < 4.78 is 5.32. The Labute approximate surface area is 89.0 Å². The molecule has 1 atom stereocenters. The first-order valence-corrected chi connectivity index (χ1v) is 5.32. The van der Waals surface area contributed by atoms with Gasteiger partial charge < -0.3 is 9.73 Å². The molecule has 1 aliphatic rings. The van der Waals surface area contributed by atoms with Crippen molar-refractivity contribution in [1.29, 1.82) is 0 Å². The predicted octanol–water partition coefficient (Wildman–Crippen LogP) is 1.73. The summed E-state index contributed by atoms with van der Waals surface area (Å²) >= 11 is 5.71. The largest absolute Gasteiger partial charge is 0.448 e. The van der Waals surface area contributed by atoms with Crippen molar-refractivity contribution in [1.82, 2.24) is 10.2 Å². The molecular formula is C10H15ClN2O. The summed E-state index contributed by atoms with van der Waals surface area (Å²) in [5.41, 5.74) is 0. The number of nitrogens with one attached hydrogen (secondary N) is 1. The molecule has 0 saturated carbocycles. The van der Waals surface area contributed by atoms with Crippen LogP contribution in [0.25, 0.3) is 0 Å². The Morgan fingerprint density at radius 1 is 1.64 bits per heavy atom. The maximum atomic E-state index is 5.71. The van der Waals surface area contributed by atoms with Crippen LogP contribution in [0.1, 0.15) is 12.7 Å². The highest BCUT2D eigenvalue weighted by atomic mass is 35.5. The first-order valence-electron chi connectivity index (χ1n) is 4.94. The van der Waals surface area contributed by atoms with Crippen molar-refractivity contribution in [2.45, 2.75) is 19.5 Å². The summed E-state index contributed by atoms with van der Waals surface area (Å²) in [7, 11) is 0. The van der Waals surface area contributed by atoms with Gasteiger partial charge in [0.1, 0.15) is 5.76 Å². The Kier molecular flexibility index (Phi) is 3.11.